The van der Waals surface area contributed by atoms with E-state index in [-0.39, 0.29) is 0 Å². The first-order valence-electron chi connectivity index (χ1n) is 5.38. The summed E-state index contributed by atoms with van der Waals surface area (Å²) >= 11 is 0. The van der Waals surface area contributed by atoms with Crippen molar-refractivity contribution in [2.24, 2.45) is 5.92 Å². The molecule has 1 saturated heterocycles. The Morgan fingerprint density at radius 3 is 2.69 bits per heavy atom. The van der Waals surface area contributed by atoms with Gasteiger partial charge in [-0.3, -0.25) is 0 Å². The van der Waals surface area contributed by atoms with Gasteiger partial charge in [-0.15, -0.1) is 0 Å². The van der Waals surface area contributed by atoms with Crippen molar-refractivity contribution in [3.63, 3.8) is 0 Å². The summed E-state index contributed by atoms with van der Waals surface area (Å²) in [5.74, 6) is 0.935. The molecule has 1 rings (SSSR count). The van der Waals surface area contributed by atoms with Crippen molar-refractivity contribution in [2.45, 2.75) is 12.8 Å². The van der Waals surface area contributed by atoms with Crippen LogP contribution in [0.5, 0.6) is 0 Å². The van der Waals surface area contributed by atoms with Crippen molar-refractivity contribution in [1.82, 2.24) is 15.5 Å². The van der Waals surface area contributed by atoms with E-state index in [0.29, 0.717) is 0 Å². The Balaban J connectivity index is 2.05. The lowest BCUT2D eigenvalue weighted by Gasteiger charge is -2.15. The van der Waals surface area contributed by atoms with E-state index in [1.54, 1.807) is 0 Å². The molecule has 0 aromatic heterocycles. The average molecular weight is 185 g/mol. The second-order valence-electron chi connectivity index (χ2n) is 3.95. The van der Waals surface area contributed by atoms with Crippen molar-refractivity contribution >= 4 is 0 Å². The molecule has 0 radical (unpaired) electrons. The minimum atomic E-state index is 0.935. The summed E-state index contributed by atoms with van der Waals surface area (Å²) < 4.78 is 0. The van der Waals surface area contributed by atoms with Gasteiger partial charge in [-0.2, -0.15) is 0 Å². The fourth-order valence-electron chi connectivity index (χ4n) is 1.97. The Kier molecular flexibility index (Phi) is 5.35. The van der Waals surface area contributed by atoms with E-state index in [1.165, 1.54) is 39.0 Å². The van der Waals surface area contributed by atoms with Crippen molar-refractivity contribution in [2.75, 3.05) is 46.8 Å². The molecule has 13 heavy (non-hydrogen) atoms. The summed E-state index contributed by atoms with van der Waals surface area (Å²) in [4.78, 5) is 2.57. The van der Waals surface area contributed by atoms with E-state index in [0.717, 1.165) is 12.5 Å². The first-order chi connectivity index (χ1) is 6.36. The largest absolute Gasteiger partial charge is 0.320 e. The van der Waals surface area contributed by atoms with Crippen LogP contribution in [0.2, 0.25) is 0 Å². The van der Waals surface area contributed by atoms with Gasteiger partial charge in [0.2, 0.25) is 0 Å². The lowest BCUT2D eigenvalue weighted by molar-refractivity contribution is 0.322. The maximum absolute atomic E-state index is 3.22. The number of rotatable bonds is 6. The second-order valence-corrected chi connectivity index (χ2v) is 3.95. The van der Waals surface area contributed by atoms with Crippen LogP contribution in [-0.4, -0.2) is 51.7 Å². The quantitative estimate of drug-likeness (QED) is 0.616. The maximum atomic E-state index is 3.22. The summed E-state index contributed by atoms with van der Waals surface area (Å²) in [6, 6.07) is 0. The second kappa shape index (κ2) is 6.35. The smallest absolute Gasteiger partial charge is 0.0107 e. The van der Waals surface area contributed by atoms with Crippen LogP contribution in [0.3, 0.4) is 0 Å². The maximum Gasteiger partial charge on any atom is 0.0107 e. The van der Waals surface area contributed by atoms with Gasteiger partial charge in [0.15, 0.2) is 0 Å². The van der Waals surface area contributed by atoms with Crippen LogP contribution >= 0.6 is 0 Å². The first kappa shape index (κ1) is 11.0. The van der Waals surface area contributed by atoms with Crippen molar-refractivity contribution in [3.8, 4) is 0 Å². The molecule has 0 aliphatic carbocycles. The number of likely N-dealkylation sites (tertiary alicyclic amines) is 1. The highest BCUT2D eigenvalue weighted by Crippen LogP contribution is 2.18. The van der Waals surface area contributed by atoms with Crippen molar-refractivity contribution in [1.29, 1.82) is 0 Å². The first-order valence-corrected chi connectivity index (χ1v) is 5.38. The molecular formula is C10H23N3. The highest BCUT2D eigenvalue weighted by Gasteiger charge is 2.20. The third-order valence-corrected chi connectivity index (χ3v) is 2.85. The van der Waals surface area contributed by atoms with Gasteiger partial charge in [0, 0.05) is 19.6 Å². The fraction of sp³-hybridized carbons (Fsp3) is 1.00. The van der Waals surface area contributed by atoms with Crippen LogP contribution in [0.1, 0.15) is 12.8 Å². The zero-order valence-electron chi connectivity index (χ0n) is 8.97. The van der Waals surface area contributed by atoms with Gasteiger partial charge in [-0.1, -0.05) is 0 Å². The highest BCUT2D eigenvalue weighted by molar-refractivity contribution is 4.76. The van der Waals surface area contributed by atoms with Gasteiger partial charge in [0.25, 0.3) is 0 Å². The standard InChI is InChI=1S/C10H23N3/c1-11-5-3-10-4-7-13(9-10)8-6-12-2/h10-12H,3-9H2,1-2H3. The normalized spacial score (nSPS) is 24.0. The zero-order valence-corrected chi connectivity index (χ0v) is 8.97. The van der Waals surface area contributed by atoms with Crippen molar-refractivity contribution in [3.05, 3.63) is 0 Å². The molecule has 1 unspecified atom stereocenters. The fourth-order valence-corrected chi connectivity index (χ4v) is 1.97. The number of hydrogen-bond acceptors (Lipinski definition) is 3. The van der Waals surface area contributed by atoms with Crippen LogP contribution in [-0.2, 0) is 0 Å². The zero-order chi connectivity index (χ0) is 9.52. The van der Waals surface area contributed by atoms with Crippen LogP contribution in [0, 0.1) is 5.92 Å². The Bertz CT molecular complexity index is 113. The van der Waals surface area contributed by atoms with Gasteiger partial charge in [-0.25, -0.2) is 0 Å². The highest BCUT2D eigenvalue weighted by atomic mass is 15.2. The van der Waals surface area contributed by atoms with E-state index in [2.05, 4.69) is 15.5 Å². The number of nitrogens with zero attached hydrogens (tertiary/aromatic N) is 1. The summed E-state index contributed by atoms with van der Waals surface area (Å²) in [5, 5.41) is 6.42. The molecule has 1 aliphatic heterocycles. The van der Waals surface area contributed by atoms with E-state index < -0.39 is 0 Å². The Labute approximate surface area is 81.9 Å². The molecular weight excluding hydrogens is 162 g/mol. The summed E-state index contributed by atoms with van der Waals surface area (Å²) in [6.45, 7) is 6.12. The van der Waals surface area contributed by atoms with Crippen LogP contribution < -0.4 is 10.6 Å². The third kappa shape index (κ3) is 4.07. The Morgan fingerprint density at radius 1 is 1.23 bits per heavy atom. The topological polar surface area (TPSA) is 27.3 Å². The van der Waals surface area contributed by atoms with E-state index in [1.807, 2.05) is 14.1 Å². The third-order valence-electron chi connectivity index (χ3n) is 2.85. The number of likely N-dealkylation sites (N-methyl/N-ethyl adjacent to an activating group) is 1. The van der Waals surface area contributed by atoms with Crippen molar-refractivity contribution < 1.29 is 0 Å². The molecule has 1 aliphatic rings. The molecule has 0 bridgehead atoms. The summed E-state index contributed by atoms with van der Waals surface area (Å²) in [7, 11) is 4.06. The van der Waals surface area contributed by atoms with E-state index in [4.69, 9.17) is 0 Å². The average Bonchev–Trinajstić information content (AvgIpc) is 2.59. The summed E-state index contributed by atoms with van der Waals surface area (Å²) in [5.41, 5.74) is 0. The number of nitrogens with one attached hydrogen (secondary N) is 2. The molecule has 0 aromatic carbocycles. The van der Waals surface area contributed by atoms with E-state index in [9.17, 15) is 0 Å². The summed E-state index contributed by atoms with van der Waals surface area (Å²) in [6.07, 6.45) is 2.73. The predicted octanol–water partition coefficient (Wildman–Crippen LogP) is 0.137. The molecule has 0 amide bonds. The Morgan fingerprint density at radius 2 is 2.00 bits per heavy atom. The van der Waals surface area contributed by atoms with Crippen LogP contribution in [0.15, 0.2) is 0 Å². The molecule has 3 nitrogen and oxygen atoms in total. The molecule has 1 fully saturated rings. The SMILES string of the molecule is CNCCC1CCN(CCNC)C1. The molecule has 1 heterocycles. The molecule has 3 heteroatoms. The molecule has 78 valence electrons. The monoisotopic (exact) mass is 185 g/mol. The lowest BCUT2D eigenvalue weighted by atomic mass is 10.1. The molecule has 0 saturated carbocycles. The molecule has 0 spiro atoms. The van der Waals surface area contributed by atoms with Crippen LogP contribution in [0.4, 0.5) is 0 Å². The van der Waals surface area contributed by atoms with Gasteiger partial charge < -0.3 is 15.5 Å². The lowest BCUT2D eigenvalue weighted by Crippen LogP contribution is -2.29. The van der Waals surface area contributed by atoms with Gasteiger partial charge in [-0.05, 0) is 45.9 Å². The van der Waals surface area contributed by atoms with Gasteiger partial charge >= 0.3 is 0 Å². The molecule has 1 atom stereocenters. The molecule has 0 aromatic rings. The van der Waals surface area contributed by atoms with Gasteiger partial charge in [0.1, 0.15) is 0 Å². The van der Waals surface area contributed by atoms with Gasteiger partial charge in [0.05, 0.1) is 0 Å². The number of hydrogen-bond donors (Lipinski definition) is 2. The minimum absolute atomic E-state index is 0.935. The Hall–Kier alpha value is -0.120. The van der Waals surface area contributed by atoms with E-state index >= 15 is 0 Å². The minimum Gasteiger partial charge on any atom is -0.320 e. The van der Waals surface area contributed by atoms with Crippen LogP contribution in [0.25, 0.3) is 0 Å². The molecule has 2 N–H and O–H groups in total. The predicted molar refractivity (Wildman–Crippen MR) is 57.0 cm³/mol.